The molecule has 7 nitrogen and oxygen atoms in total. The third-order valence-corrected chi connectivity index (χ3v) is 4.74. The lowest BCUT2D eigenvalue weighted by Gasteiger charge is -2.38. The quantitative estimate of drug-likeness (QED) is 0.710. The molecule has 0 bridgehead atoms. The Hall–Kier alpha value is -1.44. The lowest BCUT2D eigenvalue weighted by Crippen LogP contribution is -2.47. The van der Waals surface area contributed by atoms with Crippen molar-refractivity contribution in [2.75, 3.05) is 42.6 Å². The van der Waals surface area contributed by atoms with Crippen molar-refractivity contribution in [2.24, 2.45) is 0 Å². The van der Waals surface area contributed by atoms with Crippen molar-refractivity contribution >= 4 is 11.6 Å². The smallest absolute Gasteiger partial charge is 0.134 e. The van der Waals surface area contributed by atoms with E-state index in [0.29, 0.717) is 25.9 Å². The van der Waals surface area contributed by atoms with E-state index in [0.717, 1.165) is 37.6 Å². The summed E-state index contributed by atoms with van der Waals surface area (Å²) in [6.45, 7) is 2.77. The number of aromatic nitrogens is 2. The molecule has 7 heteroatoms. The fourth-order valence-corrected chi connectivity index (χ4v) is 3.09. The summed E-state index contributed by atoms with van der Waals surface area (Å²) in [5, 5.41) is 28.9. The van der Waals surface area contributed by atoms with Crippen molar-refractivity contribution in [1.29, 1.82) is 0 Å². The van der Waals surface area contributed by atoms with Crippen LogP contribution in [-0.2, 0) is 0 Å². The monoisotopic (exact) mass is 308 g/mol. The lowest BCUT2D eigenvalue weighted by atomic mass is 9.92. The summed E-state index contributed by atoms with van der Waals surface area (Å²) < 4.78 is 0. The third-order valence-electron chi connectivity index (χ3n) is 4.74. The molecule has 22 heavy (non-hydrogen) atoms. The van der Waals surface area contributed by atoms with E-state index in [4.69, 9.17) is 0 Å². The van der Waals surface area contributed by atoms with Crippen molar-refractivity contribution < 1.29 is 15.3 Å². The van der Waals surface area contributed by atoms with E-state index in [1.807, 2.05) is 6.07 Å². The van der Waals surface area contributed by atoms with E-state index >= 15 is 0 Å². The fraction of sp³-hybridized carbons (Fsp3) is 0.733. The normalized spacial score (nSPS) is 22.9. The van der Waals surface area contributed by atoms with Crippen LogP contribution in [0.1, 0.15) is 25.7 Å². The Morgan fingerprint density at radius 2 is 1.59 bits per heavy atom. The van der Waals surface area contributed by atoms with Gasteiger partial charge in [0, 0.05) is 32.2 Å². The van der Waals surface area contributed by atoms with Crippen LogP contribution in [-0.4, -0.2) is 69.8 Å². The van der Waals surface area contributed by atoms with Gasteiger partial charge in [-0.25, -0.2) is 9.97 Å². The summed E-state index contributed by atoms with van der Waals surface area (Å²) in [6, 6.07) is 1.97. The highest BCUT2D eigenvalue weighted by molar-refractivity contribution is 5.50. The predicted octanol–water partition coefficient (Wildman–Crippen LogP) is -0.239. The second kappa shape index (κ2) is 6.36. The average molecular weight is 308 g/mol. The minimum absolute atomic E-state index is 0.189. The molecule has 1 aromatic rings. The molecule has 0 radical (unpaired) electrons. The molecule has 0 aromatic carbocycles. The highest BCUT2D eigenvalue weighted by Crippen LogP contribution is 2.27. The van der Waals surface area contributed by atoms with Crippen molar-refractivity contribution in [3.05, 3.63) is 12.4 Å². The van der Waals surface area contributed by atoms with Crippen LogP contribution in [0.15, 0.2) is 12.4 Å². The maximum Gasteiger partial charge on any atom is 0.134 e. The Labute approximate surface area is 130 Å². The molecule has 0 amide bonds. The molecule has 2 saturated heterocycles. The summed E-state index contributed by atoms with van der Waals surface area (Å²) in [4.78, 5) is 13.0. The number of aliphatic hydroxyl groups is 3. The zero-order chi connectivity index (χ0) is 15.6. The van der Waals surface area contributed by atoms with E-state index in [2.05, 4.69) is 19.8 Å². The van der Waals surface area contributed by atoms with E-state index in [1.54, 1.807) is 6.33 Å². The molecule has 0 unspecified atom stereocenters. The Balaban J connectivity index is 1.67. The van der Waals surface area contributed by atoms with Gasteiger partial charge in [0.25, 0.3) is 0 Å². The van der Waals surface area contributed by atoms with Gasteiger partial charge in [0.15, 0.2) is 0 Å². The van der Waals surface area contributed by atoms with Gasteiger partial charge in [0.1, 0.15) is 18.0 Å². The van der Waals surface area contributed by atoms with Crippen molar-refractivity contribution in [1.82, 2.24) is 9.97 Å². The summed E-state index contributed by atoms with van der Waals surface area (Å²) in [6.07, 6.45) is 4.00. The van der Waals surface area contributed by atoms with Crippen LogP contribution < -0.4 is 9.80 Å². The largest absolute Gasteiger partial charge is 0.393 e. The molecule has 3 rings (SSSR count). The summed E-state index contributed by atoms with van der Waals surface area (Å²) >= 11 is 0. The molecule has 2 aliphatic rings. The van der Waals surface area contributed by atoms with Gasteiger partial charge in [-0.2, -0.15) is 0 Å². The zero-order valence-electron chi connectivity index (χ0n) is 12.7. The minimum Gasteiger partial charge on any atom is -0.393 e. The fourth-order valence-electron chi connectivity index (χ4n) is 3.09. The van der Waals surface area contributed by atoms with E-state index in [-0.39, 0.29) is 12.7 Å². The first-order valence-corrected chi connectivity index (χ1v) is 7.93. The maximum atomic E-state index is 10.1. The molecule has 1 aromatic heterocycles. The number of rotatable bonds is 3. The van der Waals surface area contributed by atoms with Crippen LogP contribution in [0.2, 0.25) is 0 Å². The molecule has 0 aliphatic carbocycles. The molecule has 122 valence electrons. The van der Waals surface area contributed by atoms with Crippen LogP contribution in [0.25, 0.3) is 0 Å². The zero-order valence-corrected chi connectivity index (χ0v) is 12.7. The van der Waals surface area contributed by atoms with Gasteiger partial charge >= 0.3 is 0 Å². The average Bonchev–Trinajstić information content (AvgIpc) is 2.56. The maximum absolute atomic E-state index is 10.1. The topological polar surface area (TPSA) is 93.0 Å². The van der Waals surface area contributed by atoms with Crippen molar-refractivity contribution in [3.63, 3.8) is 0 Å². The molecule has 2 aliphatic heterocycles. The highest BCUT2D eigenvalue weighted by atomic mass is 16.3. The van der Waals surface area contributed by atoms with Gasteiger partial charge < -0.3 is 25.1 Å². The first-order chi connectivity index (χ1) is 10.6. The Kier molecular flexibility index (Phi) is 4.46. The molecule has 0 saturated carbocycles. The number of anilines is 2. The molecule has 3 heterocycles. The number of nitrogens with zero attached hydrogens (tertiary/aromatic N) is 4. The molecule has 2 fully saturated rings. The van der Waals surface area contributed by atoms with Crippen LogP contribution in [0, 0.1) is 0 Å². The Morgan fingerprint density at radius 1 is 1.05 bits per heavy atom. The third kappa shape index (κ3) is 3.31. The SMILES string of the molecule is OCC1(O)CCN(c2cc(N3CCC(O)CC3)ncn2)CC1. The van der Waals surface area contributed by atoms with E-state index in [9.17, 15) is 15.3 Å². The van der Waals surface area contributed by atoms with Gasteiger partial charge in [-0.15, -0.1) is 0 Å². The standard InChI is InChI=1S/C15H24N4O3/c20-10-15(22)3-7-19(8-4-15)14-9-13(16-11-17-14)18-5-1-12(21)2-6-18/h9,11-12,20-22H,1-8,10H2. The minimum atomic E-state index is -0.949. The van der Waals surface area contributed by atoms with Crippen LogP contribution in [0.3, 0.4) is 0 Å². The van der Waals surface area contributed by atoms with Crippen LogP contribution >= 0.6 is 0 Å². The lowest BCUT2D eigenvalue weighted by molar-refractivity contribution is -0.0326. The molecule has 3 N–H and O–H groups in total. The van der Waals surface area contributed by atoms with Gasteiger partial charge in [-0.1, -0.05) is 0 Å². The Morgan fingerprint density at radius 3 is 2.14 bits per heavy atom. The van der Waals surface area contributed by atoms with Gasteiger partial charge in [-0.05, 0) is 25.7 Å². The molecule has 0 spiro atoms. The number of piperidine rings is 2. The van der Waals surface area contributed by atoms with E-state index in [1.165, 1.54) is 0 Å². The summed E-state index contributed by atoms with van der Waals surface area (Å²) in [5.74, 6) is 1.75. The first-order valence-electron chi connectivity index (χ1n) is 7.93. The van der Waals surface area contributed by atoms with Crippen molar-refractivity contribution in [3.8, 4) is 0 Å². The molecule has 0 atom stereocenters. The first kappa shape index (κ1) is 15.5. The number of hydrogen-bond donors (Lipinski definition) is 3. The number of aliphatic hydroxyl groups excluding tert-OH is 2. The summed E-state index contributed by atoms with van der Waals surface area (Å²) in [7, 11) is 0. The molecular formula is C15H24N4O3. The molecular weight excluding hydrogens is 284 g/mol. The Bertz CT molecular complexity index is 497. The number of hydrogen-bond acceptors (Lipinski definition) is 7. The van der Waals surface area contributed by atoms with Crippen molar-refractivity contribution in [2.45, 2.75) is 37.4 Å². The van der Waals surface area contributed by atoms with Crippen LogP contribution in [0.4, 0.5) is 11.6 Å². The van der Waals surface area contributed by atoms with Gasteiger partial charge in [0.05, 0.1) is 18.3 Å². The second-order valence-electron chi connectivity index (χ2n) is 6.32. The van der Waals surface area contributed by atoms with Crippen LogP contribution in [0.5, 0.6) is 0 Å². The van der Waals surface area contributed by atoms with Gasteiger partial charge in [-0.3, -0.25) is 0 Å². The van der Waals surface area contributed by atoms with E-state index < -0.39 is 5.60 Å². The van der Waals surface area contributed by atoms with Gasteiger partial charge in [0.2, 0.25) is 0 Å². The second-order valence-corrected chi connectivity index (χ2v) is 6.32. The predicted molar refractivity (Wildman–Crippen MR) is 83.0 cm³/mol. The summed E-state index contributed by atoms with van der Waals surface area (Å²) in [5.41, 5.74) is -0.949. The highest BCUT2D eigenvalue weighted by Gasteiger charge is 2.32.